The lowest BCUT2D eigenvalue weighted by Crippen LogP contribution is -2.44. The van der Waals surface area contributed by atoms with Crippen molar-refractivity contribution in [2.45, 2.75) is 136 Å². The van der Waals surface area contributed by atoms with Gasteiger partial charge in [-0.2, -0.15) is 0 Å². The van der Waals surface area contributed by atoms with Gasteiger partial charge in [-0.3, -0.25) is 0 Å². The van der Waals surface area contributed by atoms with Crippen molar-refractivity contribution in [3.63, 3.8) is 0 Å². The Morgan fingerprint density at radius 3 is 1.35 bits per heavy atom. The first-order chi connectivity index (χ1) is 21.0. The van der Waals surface area contributed by atoms with Crippen LogP contribution in [0.5, 0.6) is 0 Å². The highest BCUT2D eigenvalue weighted by Crippen LogP contribution is 2.32. The molecular weight excluding hydrogens is 532 g/mol. The Hall–Kier alpha value is -2.08. The third-order valence-electron chi connectivity index (χ3n) is 7.85. The second-order valence-electron chi connectivity index (χ2n) is 11.4. The zero-order valence-corrected chi connectivity index (χ0v) is 28.9. The van der Waals surface area contributed by atoms with Crippen LogP contribution in [-0.2, 0) is 14.2 Å². The number of para-hydroxylation sites is 2. The smallest absolute Gasteiger partial charge is 0.285 e. The molecule has 5 heteroatoms. The Balaban J connectivity index is 0.000000839. The third-order valence-corrected chi connectivity index (χ3v) is 7.85. The van der Waals surface area contributed by atoms with E-state index in [4.69, 9.17) is 19.9 Å². The Bertz CT molecular complexity index is 783. The molecule has 5 nitrogen and oxygen atoms in total. The van der Waals surface area contributed by atoms with Gasteiger partial charge in [-0.05, 0) is 43.5 Å². The number of ether oxygens (including phenoxy) is 3. The van der Waals surface area contributed by atoms with E-state index >= 15 is 0 Å². The normalized spacial score (nSPS) is 11.6. The maximum Gasteiger partial charge on any atom is 0.285 e. The molecule has 1 atom stereocenters. The summed E-state index contributed by atoms with van der Waals surface area (Å²) in [7, 11) is 5.01. The number of anilines is 2. The molecule has 0 saturated heterocycles. The molecule has 43 heavy (non-hydrogen) atoms. The number of hydrogen-bond acceptors (Lipinski definition) is 5. The lowest BCUT2D eigenvalue weighted by molar-refractivity contribution is -0.380. The first kappa shape index (κ1) is 40.9. The first-order valence-corrected chi connectivity index (χ1v) is 17.3. The van der Waals surface area contributed by atoms with Gasteiger partial charge in [0.25, 0.3) is 5.97 Å². The Labute approximate surface area is 266 Å². The molecular formula is C38H68N2O3. The van der Waals surface area contributed by atoms with Crippen LogP contribution in [0, 0.1) is 5.92 Å². The molecule has 0 aromatic heterocycles. The Kier molecular flexibility index (Phi) is 28.5. The van der Waals surface area contributed by atoms with Crippen LogP contribution >= 0.6 is 0 Å². The second kappa shape index (κ2) is 30.0. The van der Waals surface area contributed by atoms with Gasteiger partial charge in [0.2, 0.25) is 0 Å². The molecule has 0 amide bonds. The van der Waals surface area contributed by atoms with Crippen LogP contribution in [0.25, 0.3) is 0 Å². The Morgan fingerprint density at radius 1 is 0.558 bits per heavy atom. The van der Waals surface area contributed by atoms with Crippen LogP contribution in [0.1, 0.15) is 130 Å². The van der Waals surface area contributed by atoms with Crippen LogP contribution in [-0.4, -0.2) is 33.8 Å². The average molecular weight is 601 g/mol. The molecule has 2 aromatic carbocycles. The van der Waals surface area contributed by atoms with Gasteiger partial charge in [0.1, 0.15) is 0 Å². The number of benzene rings is 2. The van der Waals surface area contributed by atoms with Crippen LogP contribution in [0.4, 0.5) is 11.4 Å². The van der Waals surface area contributed by atoms with E-state index in [1.54, 1.807) is 21.3 Å². The van der Waals surface area contributed by atoms with Crippen molar-refractivity contribution in [2.75, 3.05) is 38.9 Å². The summed E-state index contributed by atoms with van der Waals surface area (Å²) in [6.45, 7) is 7.73. The Morgan fingerprint density at radius 2 is 0.953 bits per heavy atom. The van der Waals surface area contributed by atoms with Gasteiger partial charge in [-0.1, -0.05) is 147 Å². The molecule has 0 aliphatic rings. The average Bonchev–Trinajstić information content (AvgIpc) is 3.04. The molecule has 0 aliphatic carbocycles. The number of nitrogens with one attached hydrogen (secondary N) is 1. The number of unbranched alkanes of at least 4 members (excludes halogenated alkanes) is 12. The minimum Gasteiger partial charge on any atom is -0.399 e. The lowest BCUT2D eigenvalue weighted by Gasteiger charge is -2.36. The predicted octanol–water partition coefficient (Wildman–Crippen LogP) is 11.3. The van der Waals surface area contributed by atoms with Crippen molar-refractivity contribution in [3.05, 3.63) is 60.7 Å². The van der Waals surface area contributed by atoms with Crippen LogP contribution in [0.3, 0.4) is 0 Å². The highest BCUT2D eigenvalue weighted by molar-refractivity contribution is 5.42. The van der Waals surface area contributed by atoms with Crippen molar-refractivity contribution in [1.29, 1.82) is 0 Å². The minimum atomic E-state index is -0.934. The predicted molar refractivity (Wildman–Crippen MR) is 189 cm³/mol. The molecule has 0 heterocycles. The summed E-state index contributed by atoms with van der Waals surface area (Å²) in [6, 6.07) is 19.8. The summed E-state index contributed by atoms with van der Waals surface area (Å²) in [5.41, 5.74) is 7.34. The SMILES string of the molecule is CCCCCCCCC(CCCNc1ccccc1)C(OC)(OC)OC.CCCCCCCCCC.Nc1ccccc1. The zero-order chi connectivity index (χ0) is 31.9. The standard InChI is InChI=1S/C22H39NO3.C10H22.C6H7N/c1-5-6-7-8-9-11-15-20(22(24-2,25-3)26-4)16-14-19-23-21-17-12-10-13-18-21;1-3-5-7-9-10-8-6-4-2;7-6-4-2-1-3-5-6/h10,12-13,17-18,20,23H,5-9,11,14-16,19H2,1-4H3;3-10H2,1-2H3;1-5H,7H2. The molecule has 2 rings (SSSR count). The molecule has 1 unspecified atom stereocenters. The van der Waals surface area contributed by atoms with E-state index in [1.165, 1.54) is 89.9 Å². The lowest BCUT2D eigenvalue weighted by atomic mass is 9.93. The van der Waals surface area contributed by atoms with Crippen LogP contribution < -0.4 is 11.1 Å². The van der Waals surface area contributed by atoms with Gasteiger partial charge >= 0.3 is 0 Å². The van der Waals surface area contributed by atoms with Crippen molar-refractivity contribution < 1.29 is 14.2 Å². The molecule has 248 valence electrons. The van der Waals surface area contributed by atoms with Crippen molar-refractivity contribution in [2.24, 2.45) is 5.92 Å². The van der Waals surface area contributed by atoms with Crippen molar-refractivity contribution in [3.8, 4) is 0 Å². The number of rotatable bonds is 23. The summed E-state index contributed by atoms with van der Waals surface area (Å²) >= 11 is 0. The number of nitrogens with two attached hydrogens (primary N) is 1. The minimum absolute atomic E-state index is 0.228. The van der Waals surface area contributed by atoms with Gasteiger partial charge in [0, 0.05) is 45.2 Å². The van der Waals surface area contributed by atoms with Gasteiger partial charge in [-0.15, -0.1) is 0 Å². The third kappa shape index (κ3) is 22.1. The van der Waals surface area contributed by atoms with E-state index in [0.717, 1.165) is 37.2 Å². The van der Waals surface area contributed by atoms with Crippen molar-refractivity contribution >= 4 is 11.4 Å². The summed E-state index contributed by atoms with van der Waals surface area (Å²) in [5, 5.41) is 3.47. The molecule has 0 saturated carbocycles. The molecule has 0 aliphatic heterocycles. The molecule has 0 radical (unpaired) electrons. The number of nitrogen functional groups attached to an aromatic ring is 1. The fraction of sp³-hybridized carbons (Fsp3) is 0.684. The molecule has 2 aromatic rings. The van der Waals surface area contributed by atoms with Gasteiger partial charge in [-0.25, -0.2) is 0 Å². The molecule has 0 bridgehead atoms. The van der Waals surface area contributed by atoms with Gasteiger partial charge in [0.15, 0.2) is 0 Å². The molecule has 0 spiro atoms. The first-order valence-electron chi connectivity index (χ1n) is 17.3. The van der Waals surface area contributed by atoms with E-state index in [9.17, 15) is 0 Å². The second-order valence-corrected chi connectivity index (χ2v) is 11.4. The van der Waals surface area contributed by atoms with Gasteiger partial charge in [0.05, 0.1) is 0 Å². The van der Waals surface area contributed by atoms with E-state index in [1.807, 2.05) is 36.4 Å². The number of hydrogen-bond donors (Lipinski definition) is 2. The van der Waals surface area contributed by atoms with Gasteiger partial charge < -0.3 is 25.3 Å². The van der Waals surface area contributed by atoms with E-state index in [-0.39, 0.29) is 5.92 Å². The quantitative estimate of drug-likeness (QED) is 0.0754. The van der Waals surface area contributed by atoms with E-state index in [2.05, 4.69) is 50.4 Å². The molecule has 3 N–H and O–H groups in total. The highest BCUT2D eigenvalue weighted by Gasteiger charge is 2.39. The monoisotopic (exact) mass is 601 g/mol. The van der Waals surface area contributed by atoms with Crippen LogP contribution in [0.2, 0.25) is 0 Å². The maximum absolute atomic E-state index is 5.64. The van der Waals surface area contributed by atoms with Crippen molar-refractivity contribution in [1.82, 2.24) is 0 Å². The maximum atomic E-state index is 5.64. The fourth-order valence-electron chi connectivity index (χ4n) is 5.22. The summed E-state index contributed by atoms with van der Waals surface area (Å²) in [5.74, 6) is -0.706. The summed E-state index contributed by atoms with van der Waals surface area (Å²) < 4.78 is 16.9. The van der Waals surface area contributed by atoms with Crippen LogP contribution in [0.15, 0.2) is 60.7 Å². The largest absolute Gasteiger partial charge is 0.399 e. The number of methoxy groups -OCH3 is 3. The zero-order valence-electron chi connectivity index (χ0n) is 28.9. The topological polar surface area (TPSA) is 65.7 Å². The fourth-order valence-corrected chi connectivity index (χ4v) is 5.22. The molecule has 0 fully saturated rings. The summed E-state index contributed by atoms with van der Waals surface area (Å²) in [6.07, 6.45) is 22.3. The highest BCUT2D eigenvalue weighted by atomic mass is 16.9. The summed E-state index contributed by atoms with van der Waals surface area (Å²) in [4.78, 5) is 0. The van der Waals surface area contributed by atoms with E-state index in [0.29, 0.717) is 0 Å². The van der Waals surface area contributed by atoms with E-state index < -0.39 is 5.97 Å².